The van der Waals surface area contributed by atoms with Gasteiger partial charge in [0, 0.05) is 0 Å². The minimum absolute atomic E-state index is 0.817. The van der Waals surface area contributed by atoms with E-state index in [2.05, 4.69) is 0 Å². The molecule has 0 spiro atoms. The molecule has 0 aliphatic carbocycles. The van der Waals surface area contributed by atoms with Gasteiger partial charge in [-0.1, -0.05) is 0 Å². The van der Waals surface area contributed by atoms with Crippen LogP contribution in [0.2, 0.25) is 5.02 Å². The van der Waals surface area contributed by atoms with Gasteiger partial charge in [0.2, 0.25) is 0 Å². The summed E-state index contributed by atoms with van der Waals surface area (Å²) in [4.78, 5) is 0. The molecule has 1 rings (SSSR count). The summed E-state index contributed by atoms with van der Waals surface area (Å²) in [6.45, 7) is 0. The second-order valence-corrected chi connectivity index (χ2v) is 2.88. The molecule has 1 aromatic carbocycles. The number of benzene rings is 1. The Bertz CT molecular complexity index is 168. The van der Waals surface area contributed by atoms with Crippen LogP contribution in [-0.2, 0) is 0 Å². The Morgan fingerprint density at radius 1 is 1.38 bits per heavy atom. The summed E-state index contributed by atoms with van der Waals surface area (Å²) in [5.41, 5.74) is 0. The Balaban J connectivity index is 3.08. The van der Waals surface area contributed by atoms with Crippen molar-refractivity contribution in [3.05, 3.63) is 29.3 Å². The summed E-state index contributed by atoms with van der Waals surface area (Å²) in [5, 5.41) is 0.817. The normalized spacial score (nSPS) is 9.38. The molecule has 0 atom stereocenters. The Morgan fingerprint density at radius 3 is 2.50 bits per heavy atom. The molecule has 0 aliphatic rings. The quantitative estimate of drug-likeness (QED) is 0.469. The summed E-state index contributed by atoms with van der Waals surface area (Å²) >= 11 is 7.48. The van der Waals surface area contributed by atoms with E-state index in [1.54, 1.807) is 0 Å². The second kappa shape index (κ2) is 2.71. The zero-order chi connectivity index (χ0) is 5.98. The number of rotatable bonds is 0. The van der Waals surface area contributed by atoms with E-state index in [4.69, 9.17) is 11.6 Å². The van der Waals surface area contributed by atoms with Crippen molar-refractivity contribution >= 4 is 37.0 Å². The first-order valence-electron chi connectivity index (χ1n) is 2.36. The third-order valence-electron chi connectivity index (χ3n) is 0.889. The fraction of sp³-hybridized carbons (Fsp3) is 0. The molecular formula is C6H4ClMg+. The zero-order valence-electron chi connectivity index (χ0n) is 4.39. The Morgan fingerprint density at radius 2 is 2.12 bits per heavy atom. The molecule has 0 heterocycles. The molecule has 0 aliphatic heterocycles. The third kappa shape index (κ3) is 1.65. The van der Waals surface area contributed by atoms with Crippen molar-refractivity contribution in [1.82, 2.24) is 0 Å². The van der Waals surface area contributed by atoms with E-state index in [9.17, 15) is 0 Å². The average Bonchev–Trinajstić information content (AvgIpc) is 1.64. The van der Waals surface area contributed by atoms with Crippen molar-refractivity contribution in [3.8, 4) is 0 Å². The van der Waals surface area contributed by atoms with Gasteiger partial charge >= 0.3 is 66.3 Å². The molecule has 0 saturated heterocycles. The van der Waals surface area contributed by atoms with E-state index >= 15 is 0 Å². The fourth-order valence-corrected chi connectivity index (χ4v) is 1.24. The van der Waals surface area contributed by atoms with E-state index in [1.165, 1.54) is 3.69 Å². The van der Waals surface area contributed by atoms with Gasteiger partial charge in [0.1, 0.15) is 0 Å². The molecule has 8 heavy (non-hydrogen) atoms. The van der Waals surface area contributed by atoms with Crippen LogP contribution in [0.15, 0.2) is 24.3 Å². The monoisotopic (exact) mass is 135 g/mol. The molecule has 0 nitrogen and oxygen atoms in total. The van der Waals surface area contributed by atoms with Gasteiger partial charge in [0.25, 0.3) is 0 Å². The predicted molar refractivity (Wildman–Crippen MR) is 36.8 cm³/mol. The van der Waals surface area contributed by atoms with Gasteiger partial charge < -0.3 is 0 Å². The van der Waals surface area contributed by atoms with Crippen LogP contribution in [-0.4, -0.2) is 21.7 Å². The first kappa shape index (κ1) is 6.40. The first-order chi connectivity index (χ1) is 3.79. The molecule has 0 bridgehead atoms. The van der Waals surface area contributed by atoms with Crippen LogP contribution in [0.25, 0.3) is 0 Å². The van der Waals surface area contributed by atoms with Crippen molar-refractivity contribution < 1.29 is 0 Å². The fourth-order valence-electron chi connectivity index (χ4n) is 0.537. The number of hydrogen-bond acceptors (Lipinski definition) is 0. The van der Waals surface area contributed by atoms with E-state index in [-0.39, 0.29) is 0 Å². The van der Waals surface area contributed by atoms with Crippen LogP contribution in [0.5, 0.6) is 0 Å². The Hall–Kier alpha value is 0.276. The van der Waals surface area contributed by atoms with Crippen molar-refractivity contribution in [2.45, 2.75) is 0 Å². The summed E-state index contributed by atoms with van der Waals surface area (Å²) in [6, 6.07) is 7.80. The molecule has 0 N–H and O–H groups in total. The molecule has 0 saturated carbocycles. The summed E-state index contributed by atoms with van der Waals surface area (Å²) in [5.74, 6) is 0. The van der Waals surface area contributed by atoms with Gasteiger partial charge in [-0.15, -0.1) is 0 Å². The molecule has 0 fully saturated rings. The van der Waals surface area contributed by atoms with Crippen molar-refractivity contribution in [2.75, 3.05) is 0 Å². The van der Waals surface area contributed by atoms with Crippen LogP contribution in [0.1, 0.15) is 0 Å². The third-order valence-corrected chi connectivity index (χ3v) is 1.56. The maximum atomic E-state index is 5.65. The molecule has 2 heteroatoms. The first-order valence-corrected chi connectivity index (χ1v) is 3.45. The molecule has 0 unspecified atom stereocenters. The van der Waals surface area contributed by atoms with E-state index in [0.717, 1.165) is 5.02 Å². The average molecular weight is 136 g/mol. The van der Waals surface area contributed by atoms with E-state index in [0.29, 0.717) is 0 Å². The van der Waals surface area contributed by atoms with Gasteiger partial charge in [-0.25, -0.2) is 0 Å². The molecule has 1 aromatic rings. The van der Waals surface area contributed by atoms with E-state index < -0.39 is 0 Å². The molecular weight excluding hydrogens is 132 g/mol. The topological polar surface area (TPSA) is 0 Å². The van der Waals surface area contributed by atoms with Gasteiger partial charge in [0.05, 0.1) is 0 Å². The zero-order valence-corrected chi connectivity index (χ0v) is 6.56. The predicted octanol–water partition coefficient (Wildman–Crippen LogP) is 1.13. The summed E-state index contributed by atoms with van der Waals surface area (Å²) < 4.78 is 1.23. The number of hydrogen-bond donors (Lipinski definition) is 0. The minimum atomic E-state index is 0.817. The van der Waals surface area contributed by atoms with Crippen LogP contribution in [0, 0.1) is 0 Å². The maximum absolute atomic E-state index is 5.65. The van der Waals surface area contributed by atoms with E-state index in [1.807, 2.05) is 46.0 Å². The van der Waals surface area contributed by atoms with Crippen LogP contribution in [0.4, 0.5) is 0 Å². The summed E-state index contributed by atoms with van der Waals surface area (Å²) in [6.07, 6.45) is 0. The Labute approximate surface area is 66.3 Å². The van der Waals surface area contributed by atoms with Gasteiger partial charge in [-0.05, 0) is 0 Å². The molecule has 36 valence electrons. The van der Waals surface area contributed by atoms with Crippen LogP contribution >= 0.6 is 11.6 Å². The Kier molecular flexibility index (Phi) is 2.17. The van der Waals surface area contributed by atoms with Crippen molar-refractivity contribution in [2.24, 2.45) is 0 Å². The van der Waals surface area contributed by atoms with Crippen LogP contribution in [0.3, 0.4) is 0 Å². The van der Waals surface area contributed by atoms with Crippen molar-refractivity contribution in [3.63, 3.8) is 0 Å². The van der Waals surface area contributed by atoms with Gasteiger partial charge in [-0.2, -0.15) is 0 Å². The molecule has 0 aromatic heterocycles. The van der Waals surface area contributed by atoms with Gasteiger partial charge in [-0.3, -0.25) is 0 Å². The molecule has 0 amide bonds. The van der Waals surface area contributed by atoms with Crippen molar-refractivity contribution in [1.29, 1.82) is 0 Å². The SMILES string of the molecule is [Mg+][c]1cccc(Cl)c1. The molecule has 0 radical (unpaired) electrons. The van der Waals surface area contributed by atoms with Gasteiger partial charge in [0.15, 0.2) is 0 Å². The standard InChI is InChI=1S/C6H4Cl.Mg/c7-6-4-2-1-3-5-6;/h1-2,4-5H;/q;+1. The second-order valence-electron chi connectivity index (χ2n) is 1.63. The van der Waals surface area contributed by atoms with Crippen LogP contribution < -0.4 is 3.69 Å². The number of halogens is 1. The summed E-state index contributed by atoms with van der Waals surface area (Å²) in [7, 11) is 0.